The molecule has 13 heavy (non-hydrogen) atoms. The lowest BCUT2D eigenvalue weighted by Gasteiger charge is -2.16. The van der Waals surface area contributed by atoms with Crippen molar-refractivity contribution >= 4 is 21.7 Å². The van der Waals surface area contributed by atoms with Crippen LogP contribution in [0.25, 0.3) is 0 Å². The first-order chi connectivity index (χ1) is 6.15. The molecule has 6 heteroatoms. The van der Waals surface area contributed by atoms with E-state index in [2.05, 4.69) is 4.84 Å². The second-order valence-electron chi connectivity index (χ2n) is 2.44. The molecule has 0 saturated heterocycles. The Labute approximate surface area is 79.6 Å². The van der Waals surface area contributed by atoms with Crippen molar-refractivity contribution in [3.8, 4) is 0 Å². The Hall–Kier alpha value is -0.510. The first-order valence-electron chi connectivity index (χ1n) is 3.75. The first-order valence-corrected chi connectivity index (χ1v) is 4.22. The number of hydrogen-bond donors (Lipinski definition) is 0. The summed E-state index contributed by atoms with van der Waals surface area (Å²) in [6.45, 7) is 0. The summed E-state index contributed by atoms with van der Waals surface area (Å²) in [7, 11) is 4.94. The number of hydrogen-bond acceptors (Lipinski definition) is 4. The fraction of sp³-hybridized carbons (Fsp3) is 0.714. The van der Waals surface area contributed by atoms with E-state index < -0.39 is 6.10 Å². The molecule has 5 nitrogen and oxygen atoms in total. The van der Waals surface area contributed by atoms with Crippen LogP contribution in [0.4, 0.5) is 0 Å². The maximum absolute atomic E-state index is 11.2. The number of hydroxylamine groups is 2. The van der Waals surface area contributed by atoms with Crippen LogP contribution in [0.3, 0.4) is 0 Å². The molecule has 0 aromatic carbocycles. The number of carbonyl (C=O) groups excluding carboxylic acids is 2. The number of nitrogens with zero attached hydrogens (tertiary/aromatic N) is 1. The second-order valence-corrected chi connectivity index (χ2v) is 2.71. The summed E-state index contributed by atoms with van der Waals surface area (Å²) in [5.74, 6) is -0.225. The number of carbonyl (C=O) groups is 2. The minimum atomic E-state index is -0.396. The third-order valence-corrected chi connectivity index (χ3v) is 1.96. The van der Waals surface area contributed by atoms with Crippen molar-refractivity contribution in [3.63, 3.8) is 0 Å². The van der Waals surface area contributed by atoms with Gasteiger partial charge in [-0.2, -0.15) is 0 Å². The van der Waals surface area contributed by atoms with Gasteiger partial charge in [0.2, 0.25) is 5.91 Å². The molecule has 0 heterocycles. The Morgan fingerprint density at radius 2 is 2.31 bits per heavy atom. The molecule has 0 rings (SSSR count). The van der Waals surface area contributed by atoms with E-state index in [9.17, 15) is 9.59 Å². The Bertz CT molecular complexity index is 176. The van der Waals surface area contributed by atoms with E-state index in [0.717, 1.165) is 11.3 Å². The summed E-state index contributed by atoms with van der Waals surface area (Å²) in [5.41, 5.74) is 0. The van der Waals surface area contributed by atoms with E-state index in [4.69, 9.17) is 4.52 Å². The third-order valence-electron chi connectivity index (χ3n) is 1.58. The van der Waals surface area contributed by atoms with Crippen LogP contribution in [-0.2, 0) is 19.0 Å². The normalized spacial score (nSPS) is 12.2. The highest BCUT2D eigenvalue weighted by molar-refractivity contribution is 7.09. The summed E-state index contributed by atoms with van der Waals surface area (Å²) in [5, 5.41) is 1.10. The van der Waals surface area contributed by atoms with Gasteiger partial charge in [0.15, 0.2) is 0 Å². The van der Waals surface area contributed by atoms with Gasteiger partial charge in [0.1, 0.15) is 6.29 Å². The van der Waals surface area contributed by atoms with Crippen LogP contribution in [0, 0.1) is 0 Å². The highest BCUT2D eigenvalue weighted by atomic mass is 31.0. The van der Waals surface area contributed by atoms with Crippen molar-refractivity contribution in [1.29, 1.82) is 0 Å². The molecule has 0 spiro atoms. The van der Waals surface area contributed by atoms with Crippen LogP contribution < -0.4 is 0 Å². The largest absolute Gasteiger partial charge is 0.361 e. The fourth-order valence-electron chi connectivity index (χ4n) is 0.719. The lowest BCUT2D eigenvalue weighted by atomic mass is 10.2. The predicted molar refractivity (Wildman–Crippen MR) is 49.7 cm³/mol. The van der Waals surface area contributed by atoms with E-state index >= 15 is 0 Å². The standard InChI is InChI=1S/C7H14NO4P/c1-8(11-2)7(10)5-6(12-13)3-4-9/h4,6H,3,5,13H2,1-2H3/t6-/m0/s1. The molecule has 0 aliphatic carbocycles. The Balaban J connectivity index is 3.92. The van der Waals surface area contributed by atoms with E-state index in [-0.39, 0.29) is 18.7 Å². The molecule has 0 bridgehead atoms. The zero-order valence-electron chi connectivity index (χ0n) is 7.73. The lowest BCUT2D eigenvalue weighted by Crippen LogP contribution is -2.29. The van der Waals surface area contributed by atoms with Crippen LogP contribution in [0.2, 0.25) is 0 Å². The predicted octanol–water partition coefficient (Wildman–Crippen LogP) is 0.161. The Morgan fingerprint density at radius 3 is 2.69 bits per heavy atom. The van der Waals surface area contributed by atoms with Crippen LogP contribution >= 0.6 is 9.47 Å². The minimum absolute atomic E-state index is 0.132. The van der Waals surface area contributed by atoms with Crippen molar-refractivity contribution < 1.29 is 19.0 Å². The van der Waals surface area contributed by atoms with Crippen molar-refractivity contribution in [2.75, 3.05) is 14.2 Å². The van der Waals surface area contributed by atoms with Crippen LogP contribution in [0.5, 0.6) is 0 Å². The highest BCUT2D eigenvalue weighted by Gasteiger charge is 2.15. The second kappa shape index (κ2) is 6.95. The van der Waals surface area contributed by atoms with Gasteiger partial charge in [-0.1, -0.05) is 0 Å². The number of aldehydes is 1. The SMILES string of the molecule is CON(C)C(=O)C[C@H](CC=O)OP. The fourth-order valence-corrected chi connectivity index (χ4v) is 0.927. The summed E-state index contributed by atoms with van der Waals surface area (Å²) >= 11 is 0. The number of amides is 1. The smallest absolute Gasteiger partial charge is 0.248 e. The highest BCUT2D eigenvalue weighted by Crippen LogP contribution is 2.08. The average Bonchev–Trinajstić information content (AvgIpc) is 2.15. The van der Waals surface area contributed by atoms with Crippen molar-refractivity contribution in [1.82, 2.24) is 5.06 Å². The molecule has 2 atom stereocenters. The lowest BCUT2D eigenvalue weighted by molar-refractivity contribution is -0.170. The topological polar surface area (TPSA) is 55.8 Å². The molecule has 0 fully saturated rings. The quantitative estimate of drug-likeness (QED) is 0.353. The Morgan fingerprint density at radius 1 is 1.69 bits per heavy atom. The van der Waals surface area contributed by atoms with Crippen LogP contribution in [0.15, 0.2) is 0 Å². The maximum Gasteiger partial charge on any atom is 0.248 e. The molecule has 1 amide bonds. The van der Waals surface area contributed by atoms with Crippen molar-refractivity contribution in [2.45, 2.75) is 18.9 Å². The zero-order valence-corrected chi connectivity index (χ0v) is 8.88. The maximum atomic E-state index is 11.2. The van der Waals surface area contributed by atoms with Gasteiger partial charge < -0.3 is 9.32 Å². The summed E-state index contributed by atoms with van der Waals surface area (Å²) in [6.07, 6.45) is 0.654. The van der Waals surface area contributed by atoms with Crippen molar-refractivity contribution in [3.05, 3.63) is 0 Å². The van der Waals surface area contributed by atoms with Gasteiger partial charge in [-0.05, 0) is 0 Å². The van der Waals surface area contributed by atoms with E-state index in [1.54, 1.807) is 0 Å². The van der Waals surface area contributed by atoms with Gasteiger partial charge in [0.25, 0.3) is 0 Å². The van der Waals surface area contributed by atoms with E-state index in [0.29, 0.717) is 0 Å². The van der Waals surface area contributed by atoms with Gasteiger partial charge in [-0.15, -0.1) is 0 Å². The summed E-state index contributed by atoms with van der Waals surface area (Å²) in [4.78, 5) is 26.0. The molecule has 1 unspecified atom stereocenters. The van der Waals surface area contributed by atoms with Gasteiger partial charge in [0.05, 0.1) is 19.6 Å². The molecule has 0 radical (unpaired) electrons. The van der Waals surface area contributed by atoms with E-state index in [1.165, 1.54) is 14.2 Å². The molecular formula is C7H14NO4P. The molecule has 0 saturated carbocycles. The molecule has 76 valence electrons. The number of rotatable bonds is 6. The van der Waals surface area contributed by atoms with Crippen LogP contribution in [0.1, 0.15) is 12.8 Å². The minimum Gasteiger partial charge on any atom is -0.361 e. The van der Waals surface area contributed by atoms with Gasteiger partial charge >= 0.3 is 0 Å². The summed E-state index contributed by atoms with van der Waals surface area (Å²) < 4.78 is 4.84. The summed E-state index contributed by atoms with van der Waals surface area (Å²) in [6, 6.07) is 0. The molecular weight excluding hydrogens is 193 g/mol. The molecule has 0 aliphatic rings. The third kappa shape index (κ3) is 4.93. The van der Waals surface area contributed by atoms with Gasteiger partial charge in [0, 0.05) is 22.9 Å². The van der Waals surface area contributed by atoms with Gasteiger partial charge in [-0.3, -0.25) is 9.63 Å². The zero-order chi connectivity index (χ0) is 10.3. The van der Waals surface area contributed by atoms with Gasteiger partial charge in [-0.25, -0.2) is 5.06 Å². The van der Waals surface area contributed by atoms with Crippen molar-refractivity contribution in [2.24, 2.45) is 0 Å². The molecule has 0 aromatic rings. The van der Waals surface area contributed by atoms with E-state index in [1.807, 2.05) is 9.47 Å². The molecule has 0 aromatic heterocycles. The first kappa shape index (κ1) is 12.5. The Kier molecular flexibility index (Phi) is 6.68. The molecule has 0 aliphatic heterocycles. The molecule has 0 N–H and O–H groups in total. The monoisotopic (exact) mass is 207 g/mol. The van der Waals surface area contributed by atoms with Crippen LogP contribution in [-0.4, -0.2) is 37.5 Å². The average molecular weight is 207 g/mol.